The predicted octanol–water partition coefficient (Wildman–Crippen LogP) is 2.94. The molecule has 0 aliphatic rings. The van der Waals surface area contributed by atoms with Crippen LogP contribution in [0.25, 0.3) is 4.47 Å². The maximum absolute atomic E-state index is 7.50. The number of rotatable bonds is 6. The van der Waals surface area contributed by atoms with Crippen molar-refractivity contribution < 1.29 is 45.4 Å². The summed E-state index contributed by atoms with van der Waals surface area (Å²) in [5.41, 5.74) is 1.23. The molecule has 2 rings (SSSR count). The summed E-state index contributed by atoms with van der Waals surface area (Å²) < 4.78 is 45.3. The van der Waals surface area contributed by atoms with Crippen molar-refractivity contribution in [1.82, 2.24) is 0 Å². The van der Waals surface area contributed by atoms with Crippen molar-refractivity contribution in [2.75, 3.05) is 6.61 Å². The molecule has 0 saturated carbocycles. The molecular weight excluding hydrogens is 491 g/mol. The van der Waals surface area contributed by atoms with Gasteiger partial charge < -0.3 is 0 Å². The third-order valence-electron chi connectivity index (χ3n) is 2.45. The molecule has 2 aromatic rings. The fourth-order valence-corrected chi connectivity index (χ4v) is 3.47. The van der Waals surface area contributed by atoms with Gasteiger partial charge in [0.05, 0.1) is 0 Å². The molecule has 0 atom stereocenters. The standard InChI is InChI=1S/C17H16OSe.5CO.Cr/c1-2-18-14-13-17(15-9-5-3-6-10-15)19-16-11-7-4-8-12-16;5*1-2;/h3-13H,2H2,1H3;;;;;;/b17-13+;;;;;;. The molecule has 6 nitrogen and oxygen atoms in total. The molecule has 0 aliphatic heterocycles. The molecule has 0 saturated heterocycles. The summed E-state index contributed by atoms with van der Waals surface area (Å²) in [5, 5.41) is 0. The van der Waals surface area contributed by atoms with Crippen molar-refractivity contribution in [2.24, 2.45) is 0 Å². The van der Waals surface area contributed by atoms with Crippen LogP contribution < -0.4 is 4.46 Å². The molecule has 0 spiro atoms. The Morgan fingerprint density at radius 2 is 1.20 bits per heavy atom. The van der Waals surface area contributed by atoms with E-state index in [9.17, 15) is 0 Å². The predicted molar refractivity (Wildman–Crippen MR) is 101 cm³/mol. The van der Waals surface area contributed by atoms with Crippen LogP contribution in [0.1, 0.15) is 12.5 Å². The fraction of sp³-hybridized carbons (Fsp3) is 0.0909. The Kier molecular flexibility index (Phi) is 48.3. The van der Waals surface area contributed by atoms with Gasteiger partial charge in [-0.15, -0.1) is 0 Å². The maximum Gasteiger partial charge on any atom is 0 e. The molecular formula is C22H16CrO6Se. The summed E-state index contributed by atoms with van der Waals surface area (Å²) >= 11 is 0.257. The van der Waals surface area contributed by atoms with Gasteiger partial charge in [0, 0.05) is 17.4 Å². The molecule has 2 aromatic carbocycles. The van der Waals surface area contributed by atoms with Crippen LogP contribution in [-0.4, -0.2) is 21.6 Å². The molecule has 0 heterocycles. The molecule has 0 fully saturated rings. The van der Waals surface area contributed by atoms with E-state index in [-0.39, 0.29) is 32.3 Å². The third-order valence-corrected chi connectivity index (χ3v) is 4.72. The van der Waals surface area contributed by atoms with Crippen LogP contribution in [0.4, 0.5) is 0 Å². The quantitative estimate of drug-likeness (QED) is 0.255. The van der Waals surface area contributed by atoms with Crippen LogP contribution in [0.5, 0.6) is 0 Å². The summed E-state index contributed by atoms with van der Waals surface area (Å²) in [6.45, 7) is 28.0. The van der Waals surface area contributed by atoms with E-state index < -0.39 is 0 Å². The first-order valence-electron chi connectivity index (χ1n) is 7.28. The zero-order valence-corrected chi connectivity index (χ0v) is 18.8. The van der Waals surface area contributed by atoms with E-state index in [1.54, 1.807) is 0 Å². The summed E-state index contributed by atoms with van der Waals surface area (Å²) in [6, 6.07) is 20.9. The normalized spacial score (nSPS) is 7.63. The molecule has 0 bridgehead atoms. The zero-order valence-electron chi connectivity index (χ0n) is 15.8. The Bertz CT molecular complexity index is 687. The van der Waals surface area contributed by atoms with E-state index in [2.05, 4.69) is 88.4 Å². The van der Waals surface area contributed by atoms with Crippen LogP contribution in [-0.2, 0) is 45.4 Å². The number of benzene rings is 2. The average Bonchev–Trinajstić information content (AvgIpc) is 2.86. The molecule has 0 unspecified atom stereocenters. The molecule has 0 aliphatic carbocycles. The van der Waals surface area contributed by atoms with Crippen LogP contribution >= 0.6 is 0 Å². The molecule has 30 heavy (non-hydrogen) atoms. The second-order valence-electron chi connectivity index (χ2n) is 3.84. The first-order valence-corrected chi connectivity index (χ1v) is 8.99. The van der Waals surface area contributed by atoms with Crippen LogP contribution in [0, 0.1) is 39.9 Å². The maximum atomic E-state index is 7.50. The fourth-order valence-electron chi connectivity index (χ4n) is 1.57. The minimum Gasteiger partial charge on any atom is 0 e. The SMILES string of the molecule is CCO[C]/C=C(/[Se]c1ccccc1)c1ccccc1.[C-]#[O+].[C-]#[O+].[C-]#[O+].[C-]#[O+].[C-]#[O+].[Cr]. The van der Waals surface area contributed by atoms with Crippen molar-refractivity contribution in [2.45, 2.75) is 6.92 Å². The summed E-state index contributed by atoms with van der Waals surface area (Å²) in [7, 11) is 0. The van der Waals surface area contributed by atoms with Crippen LogP contribution in [0.15, 0.2) is 66.7 Å². The Hall–Kier alpha value is -2.11. The third kappa shape index (κ3) is 22.2. The summed E-state index contributed by atoms with van der Waals surface area (Å²) in [5.74, 6) is 0. The van der Waals surface area contributed by atoms with E-state index in [4.69, 9.17) is 28.0 Å². The van der Waals surface area contributed by atoms with Gasteiger partial charge in [0.2, 0.25) is 0 Å². The monoisotopic (exact) mass is 508 g/mol. The van der Waals surface area contributed by atoms with E-state index in [1.165, 1.54) is 14.5 Å². The topological polar surface area (TPSA) is 109 Å². The van der Waals surface area contributed by atoms with Gasteiger partial charge in [-0.05, 0) is 0 Å². The summed E-state index contributed by atoms with van der Waals surface area (Å²) in [6.07, 6.45) is 1.96. The average molecular weight is 507 g/mol. The first kappa shape index (κ1) is 38.5. The van der Waals surface area contributed by atoms with E-state index in [1.807, 2.05) is 25.1 Å². The Morgan fingerprint density at radius 1 is 0.800 bits per heavy atom. The Morgan fingerprint density at radius 3 is 1.60 bits per heavy atom. The first-order chi connectivity index (χ1) is 14.4. The van der Waals surface area contributed by atoms with Crippen LogP contribution in [0.2, 0.25) is 0 Å². The Balaban J connectivity index is -0.000000166. The van der Waals surface area contributed by atoms with E-state index in [0.29, 0.717) is 6.61 Å². The minimum atomic E-state index is 0. The number of hydrogen-bond acceptors (Lipinski definition) is 1. The van der Waals surface area contributed by atoms with Crippen molar-refractivity contribution in [1.29, 1.82) is 0 Å². The minimum absolute atomic E-state index is 0. The zero-order chi connectivity index (χ0) is 23.3. The van der Waals surface area contributed by atoms with Gasteiger partial charge in [-0.1, -0.05) is 0 Å². The van der Waals surface area contributed by atoms with Gasteiger partial charge in [0.1, 0.15) is 0 Å². The molecule has 0 amide bonds. The second-order valence-corrected chi connectivity index (χ2v) is 6.18. The largest absolute Gasteiger partial charge is 0 e. The smallest absolute Gasteiger partial charge is 0 e. The van der Waals surface area contributed by atoms with Gasteiger partial charge in [0.15, 0.2) is 0 Å². The van der Waals surface area contributed by atoms with Gasteiger partial charge >= 0.3 is 178 Å². The molecule has 8 heteroatoms. The van der Waals surface area contributed by atoms with Crippen LogP contribution in [0.3, 0.4) is 0 Å². The Labute approximate surface area is 194 Å². The van der Waals surface area contributed by atoms with Crippen molar-refractivity contribution in [3.63, 3.8) is 0 Å². The van der Waals surface area contributed by atoms with Gasteiger partial charge in [-0.2, -0.15) is 0 Å². The van der Waals surface area contributed by atoms with Gasteiger partial charge in [0.25, 0.3) is 0 Å². The van der Waals surface area contributed by atoms with E-state index in [0.717, 1.165) is 0 Å². The van der Waals surface area contributed by atoms with Crippen molar-refractivity contribution >= 4 is 23.9 Å². The van der Waals surface area contributed by atoms with Gasteiger partial charge in [-0.3, -0.25) is 0 Å². The number of ether oxygens (including phenoxy) is 1. The van der Waals surface area contributed by atoms with Crippen molar-refractivity contribution in [3.05, 3.63) is 112 Å². The molecule has 0 N–H and O–H groups in total. The van der Waals surface area contributed by atoms with Crippen molar-refractivity contribution in [3.8, 4) is 0 Å². The van der Waals surface area contributed by atoms with E-state index >= 15 is 0 Å². The van der Waals surface area contributed by atoms with Gasteiger partial charge in [-0.25, -0.2) is 0 Å². The molecule has 2 radical (unpaired) electrons. The molecule has 0 aromatic heterocycles. The summed E-state index contributed by atoms with van der Waals surface area (Å²) in [4.78, 5) is 0. The second kappa shape index (κ2) is 37.6. The number of hydrogen-bond donors (Lipinski definition) is 0. The molecule has 152 valence electrons.